The van der Waals surface area contributed by atoms with Crippen molar-refractivity contribution < 1.29 is 14.2 Å². The Morgan fingerprint density at radius 3 is 2.86 bits per heavy atom. The molecule has 120 valence electrons. The minimum absolute atomic E-state index is 0.476. The molecular weight excluding hydrogens is 292 g/mol. The van der Waals surface area contributed by atoms with E-state index in [1.54, 1.807) is 13.3 Å². The molecule has 0 aliphatic carbocycles. The lowest BCUT2D eigenvalue weighted by molar-refractivity contribution is 0.0795. The van der Waals surface area contributed by atoms with Crippen molar-refractivity contribution in [1.82, 2.24) is 10.3 Å². The zero-order valence-electron chi connectivity index (χ0n) is 12.9. The van der Waals surface area contributed by atoms with E-state index in [4.69, 9.17) is 25.8 Å². The topological polar surface area (TPSA) is 52.6 Å². The largest absolute Gasteiger partial charge is 0.475 e. The number of aromatic nitrogens is 1. The zero-order valence-corrected chi connectivity index (χ0v) is 13.6. The molecule has 0 amide bonds. The van der Waals surface area contributed by atoms with Gasteiger partial charge >= 0.3 is 0 Å². The summed E-state index contributed by atoms with van der Waals surface area (Å²) in [6, 6.07) is 1.87. The van der Waals surface area contributed by atoms with Gasteiger partial charge in [-0.1, -0.05) is 18.5 Å². The van der Waals surface area contributed by atoms with Crippen LogP contribution in [0, 0.1) is 0 Å². The number of ether oxygens (including phenoxy) is 3. The van der Waals surface area contributed by atoms with Crippen LogP contribution in [0.1, 0.15) is 25.3 Å². The van der Waals surface area contributed by atoms with Gasteiger partial charge in [-0.3, -0.25) is 0 Å². The first-order chi connectivity index (χ1) is 10.3. The van der Waals surface area contributed by atoms with Crippen LogP contribution in [0.3, 0.4) is 0 Å². The maximum atomic E-state index is 6.11. The van der Waals surface area contributed by atoms with Crippen molar-refractivity contribution in [1.29, 1.82) is 0 Å². The van der Waals surface area contributed by atoms with E-state index in [1.165, 1.54) is 0 Å². The summed E-state index contributed by atoms with van der Waals surface area (Å²) < 4.78 is 15.9. The third kappa shape index (κ3) is 8.21. The average Bonchev–Trinajstić information content (AvgIpc) is 2.49. The molecule has 0 unspecified atom stereocenters. The number of pyridine rings is 1. The normalized spacial score (nSPS) is 10.8. The van der Waals surface area contributed by atoms with E-state index in [-0.39, 0.29) is 0 Å². The monoisotopic (exact) mass is 316 g/mol. The van der Waals surface area contributed by atoms with Crippen molar-refractivity contribution in [2.45, 2.75) is 26.3 Å². The average molecular weight is 317 g/mol. The molecule has 0 radical (unpaired) electrons. The predicted molar refractivity (Wildman–Crippen MR) is 84.1 cm³/mol. The van der Waals surface area contributed by atoms with Gasteiger partial charge in [-0.2, -0.15) is 0 Å². The number of nitrogens with one attached hydrogen (secondary N) is 1. The molecule has 0 saturated heterocycles. The molecule has 6 heteroatoms. The molecule has 1 N–H and O–H groups in total. The van der Waals surface area contributed by atoms with Crippen LogP contribution >= 0.6 is 11.6 Å². The summed E-state index contributed by atoms with van der Waals surface area (Å²) >= 11 is 6.11. The lowest BCUT2D eigenvalue weighted by atomic mass is 10.2. The van der Waals surface area contributed by atoms with Gasteiger partial charge in [0, 0.05) is 39.1 Å². The lowest BCUT2D eigenvalue weighted by Gasteiger charge is -2.09. The Labute approximate surface area is 131 Å². The second-order valence-corrected chi connectivity index (χ2v) is 5.01. The smallest absolute Gasteiger partial charge is 0.213 e. The fourth-order valence-corrected chi connectivity index (χ4v) is 1.86. The van der Waals surface area contributed by atoms with Gasteiger partial charge in [0.05, 0.1) is 11.6 Å². The Morgan fingerprint density at radius 1 is 1.24 bits per heavy atom. The van der Waals surface area contributed by atoms with Gasteiger partial charge in [0.2, 0.25) is 5.88 Å². The molecule has 1 aromatic heterocycles. The van der Waals surface area contributed by atoms with Crippen molar-refractivity contribution in [3.8, 4) is 5.88 Å². The Morgan fingerprint density at radius 2 is 2.10 bits per heavy atom. The van der Waals surface area contributed by atoms with Crippen LogP contribution < -0.4 is 10.1 Å². The summed E-state index contributed by atoms with van der Waals surface area (Å²) in [5.41, 5.74) is 0.996. The summed E-state index contributed by atoms with van der Waals surface area (Å²) in [5, 5.41) is 3.97. The second kappa shape index (κ2) is 11.7. The van der Waals surface area contributed by atoms with Crippen molar-refractivity contribution in [3.63, 3.8) is 0 Å². The van der Waals surface area contributed by atoms with Gasteiger partial charge in [-0.05, 0) is 24.9 Å². The molecule has 0 spiro atoms. The molecule has 1 aromatic rings. The molecule has 1 rings (SSSR count). The van der Waals surface area contributed by atoms with E-state index >= 15 is 0 Å². The number of hydrogen-bond donors (Lipinski definition) is 1. The van der Waals surface area contributed by atoms with Crippen LogP contribution in [-0.4, -0.2) is 45.1 Å². The van der Waals surface area contributed by atoms with E-state index in [9.17, 15) is 0 Å². The summed E-state index contributed by atoms with van der Waals surface area (Å²) in [5.74, 6) is 0.577. The first kappa shape index (κ1) is 18.2. The molecule has 1 heterocycles. The SMILES string of the molecule is CCCNCc1cc(OCCOCCCOC)ncc1Cl. The number of halogens is 1. The predicted octanol–water partition coefficient (Wildman–Crippen LogP) is 2.67. The van der Waals surface area contributed by atoms with Crippen LogP contribution in [0.25, 0.3) is 0 Å². The number of nitrogens with zero attached hydrogens (tertiary/aromatic N) is 1. The quantitative estimate of drug-likeness (QED) is 0.601. The van der Waals surface area contributed by atoms with Gasteiger partial charge in [0.25, 0.3) is 0 Å². The molecule has 0 atom stereocenters. The number of hydrogen-bond acceptors (Lipinski definition) is 5. The van der Waals surface area contributed by atoms with E-state index < -0.39 is 0 Å². The molecule has 0 saturated carbocycles. The summed E-state index contributed by atoms with van der Waals surface area (Å²) in [7, 11) is 1.68. The molecular formula is C15H25ClN2O3. The van der Waals surface area contributed by atoms with Gasteiger partial charge < -0.3 is 19.5 Å². The third-order valence-corrected chi connectivity index (χ3v) is 3.11. The molecule has 0 fully saturated rings. The first-order valence-electron chi connectivity index (χ1n) is 7.32. The fraction of sp³-hybridized carbons (Fsp3) is 0.667. The van der Waals surface area contributed by atoms with Crippen molar-refractivity contribution in [3.05, 3.63) is 22.8 Å². The van der Waals surface area contributed by atoms with E-state index in [1.807, 2.05) is 6.07 Å². The second-order valence-electron chi connectivity index (χ2n) is 4.60. The maximum Gasteiger partial charge on any atom is 0.213 e. The summed E-state index contributed by atoms with van der Waals surface area (Å²) in [6.45, 7) is 6.22. The minimum atomic E-state index is 0.476. The Kier molecular flexibility index (Phi) is 10.2. The van der Waals surface area contributed by atoms with Crippen LogP contribution in [0.15, 0.2) is 12.3 Å². The van der Waals surface area contributed by atoms with Crippen molar-refractivity contribution in [2.24, 2.45) is 0 Å². The van der Waals surface area contributed by atoms with Crippen molar-refractivity contribution >= 4 is 11.6 Å². The van der Waals surface area contributed by atoms with Crippen LogP contribution in [0.4, 0.5) is 0 Å². The molecule has 0 aliphatic rings. The van der Waals surface area contributed by atoms with Crippen molar-refractivity contribution in [2.75, 3.05) is 40.1 Å². The Hall–Kier alpha value is -0.880. The standard InChI is InChI=1S/C15H25ClN2O3/c1-3-5-17-11-13-10-15(18-12-14(13)16)21-9-8-20-7-4-6-19-2/h10,12,17H,3-9,11H2,1-2H3. The van der Waals surface area contributed by atoms with Gasteiger partial charge in [0.1, 0.15) is 6.61 Å². The van der Waals surface area contributed by atoms with E-state index in [0.717, 1.165) is 31.5 Å². The summed E-state index contributed by atoms with van der Waals surface area (Å²) in [6.07, 6.45) is 3.61. The highest BCUT2D eigenvalue weighted by Gasteiger charge is 2.04. The van der Waals surface area contributed by atoms with E-state index in [2.05, 4.69) is 17.2 Å². The highest BCUT2D eigenvalue weighted by atomic mass is 35.5. The highest BCUT2D eigenvalue weighted by molar-refractivity contribution is 6.31. The lowest BCUT2D eigenvalue weighted by Crippen LogP contribution is -2.14. The fourth-order valence-electron chi connectivity index (χ4n) is 1.69. The number of rotatable bonds is 12. The van der Waals surface area contributed by atoms with Crippen LogP contribution in [0.5, 0.6) is 5.88 Å². The zero-order chi connectivity index (χ0) is 15.3. The van der Waals surface area contributed by atoms with Gasteiger partial charge in [0.15, 0.2) is 0 Å². The van der Waals surface area contributed by atoms with Gasteiger partial charge in [-0.15, -0.1) is 0 Å². The molecule has 0 aliphatic heterocycles. The highest BCUT2D eigenvalue weighted by Crippen LogP contribution is 2.19. The van der Waals surface area contributed by atoms with Crippen LogP contribution in [-0.2, 0) is 16.0 Å². The van der Waals surface area contributed by atoms with E-state index in [0.29, 0.717) is 37.3 Å². The maximum absolute atomic E-state index is 6.11. The molecule has 21 heavy (non-hydrogen) atoms. The molecule has 5 nitrogen and oxygen atoms in total. The Balaban J connectivity index is 2.26. The third-order valence-electron chi connectivity index (χ3n) is 2.77. The minimum Gasteiger partial charge on any atom is -0.475 e. The summed E-state index contributed by atoms with van der Waals surface area (Å²) in [4.78, 5) is 4.16. The Bertz CT molecular complexity index is 391. The molecule has 0 aromatic carbocycles. The first-order valence-corrected chi connectivity index (χ1v) is 7.70. The number of methoxy groups -OCH3 is 1. The van der Waals surface area contributed by atoms with Gasteiger partial charge in [-0.25, -0.2) is 4.98 Å². The van der Waals surface area contributed by atoms with Crippen LogP contribution in [0.2, 0.25) is 5.02 Å². The molecule has 0 bridgehead atoms.